The quantitative estimate of drug-likeness (QED) is 0.923. The average molecular weight is 273 g/mol. The van der Waals surface area contributed by atoms with Crippen molar-refractivity contribution in [2.75, 3.05) is 7.11 Å². The number of ether oxygens (including phenoxy) is 1. The zero-order valence-corrected chi connectivity index (χ0v) is 12.3. The molecular formula is C17H20FNO. The molecule has 0 aromatic heterocycles. The number of rotatable bonds is 3. The standard InChI is InChI=1S/C17H20FNO/c1-10-7-11(2)16(12(3)8-10)17(19)14-6-5-13(20-4)9-15(14)18/h5-9,17H,19H2,1-4H3. The first-order chi connectivity index (χ1) is 9.43. The fourth-order valence-electron chi connectivity index (χ4n) is 2.72. The first-order valence-electron chi connectivity index (χ1n) is 6.60. The Labute approximate surface area is 119 Å². The maximum absolute atomic E-state index is 14.2. The predicted molar refractivity (Wildman–Crippen MR) is 79.6 cm³/mol. The van der Waals surface area contributed by atoms with Gasteiger partial charge < -0.3 is 10.5 Å². The summed E-state index contributed by atoms with van der Waals surface area (Å²) in [5.41, 5.74) is 11.1. The van der Waals surface area contributed by atoms with Crippen LogP contribution in [0.4, 0.5) is 4.39 Å². The molecule has 0 saturated heterocycles. The van der Waals surface area contributed by atoms with Gasteiger partial charge in [0.25, 0.3) is 0 Å². The van der Waals surface area contributed by atoms with E-state index in [1.807, 2.05) is 20.8 Å². The lowest BCUT2D eigenvalue weighted by Crippen LogP contribution is -2.16. The highest BCUT2D eigenvalue weighted by molar-refractivity contribution is 5.45. The Balaban J connectivity index is 2.49. The summed E-state index contributed by atoms with van der Waals surface area (Å²) in [6, 6.07) is 8.47. The van der Waals surface area contributed by atoms with E-state index in [4.69, 9.17) is 10.5 Å². The molecule has 0 bridgehead atoms. The summed E-state index contributed by atoms with van der Waals surface area (Å²) in [6.45, 7) is 6.07. The van der Waals surface area contributed by atoms with Crippen molar-refractivity contribution in [1.29, 1.82) is 0 Å². The minimum Gasteiger partial charge on any atom is -0.497 e. The van der Waals surface area contributed by atoms with Gasteiger partial charge in [0.1, 0.15) is 11.6 Å². The van der Waals surface area contributed by atoms with Crippen LogP contribution in [-0.2, 0) is 0 Å². The number of hydrogen-bond donors (Lipinski definition) is 1. The van der Waals surface area contributed by atoms with Gasteiger partial charge in [0.05, 0.1) is 13.2 Å². The van der Waals surface area contributed by atoms with Gasteiger partial charge in [0.15, 0.2) is 0 Å². The zero-order chi connectivity index (χ0) is 14.9. The van der Waals surface area contributed by atoms with Gasteiger partial charge in [-0.3, -0.25) is 0 Å². The molecule has 0 aliphatic heterocycles. The van der Waals surface area contributed by atoms with Crippen molar-refractivity contribution in [2.45, 2.75) is 26.8 Å². The lowest BCUT2D eigenvalue weighted by atomic mass is 9.90. The molecule has 0 heterocycles. The highest BCUT2D eigenvalue weighted by Gasteiger charge is 2.18. The maximum atomic E-state index is 14.2. The van der Waals surface area contributed by atoms with Crippen molar-refractivity contribution in [3.8, 4) is 5.75 Å². The molecule has 3 heteroatoms. The molecule has 0 aliphatic rings. The lowest BCUT2D eigenvalue weighted by molar-refractivity contribution is 0.410. The molecule has 106 valence electrons. The molecule has 1 atom stereocenters. The van der Waals surface area contributed by atoms with Crippen LogP contribution in [0.1, 0.15) is 33.9 Å². The summed E-state index contributed by atoms with van der Waals surface area (Å²) in [5.74, 6) is 0.159. The van der Waals surface area contributed by atoms with Gasteiger partial charge >= 0.3 is 0 Å². The van der Waals surface area contributed by atoms with Crippen LogP contribution in [0.2, 0.25) is 0 Å². The molecule has 20 heavy (non-hydrogen) atoms. The second-order valence-electron chi connectivity index (χ2n) is 5.18. The Hall–Kier alpha value is -1.87. The van der Waals surface area contributed by atoms with E-state index >= 15 is 0 Å². The van der Waals surface area contributed by atoms with Crippen LogP contribution in [0.5, 0.6) is 5.75 Å². The normalized spacial score (nSPS) is 12.3. The summed E-state index contributed by atoms with van der Waals surface area (Å²) in [4.78, 5) is 0. The number of aryl methyl sites for hydroxylation is 3. The maximum Gasteiger partial charge on any atom is 0.132 e. The van der Waals surface area contributed by atoms with E-state index in [0.29, 0.717) is 11.3 Å². The van der Waals surface area contributed by atoms with Crippen LogP contribution in [0.3, 0.4) is 0 Å². The molecule has 2 aromatic rings. The van der Waals surface area contributed by atoms with E-state index in [1.165, 1.54) is 18.7 Å². The number of benzene rings is 2. The van der Waals surface area contributed by atoms with Crippen LogP contribution >= 0.6 is 0 Å². The Kier molecular flexibility index (Phi) is 4.09. The molecule has 0 amide bonds. The summed E-state index contributed by atoms with van der Waals surface area (Å²) in [6.07, 6.45) is 0. The second-order valence-corrected chi connectivity index (χ2v) is 5.18. The average Bonchev–Trinajstić information content (AvgIpc) is 2.37. The Morgan fingerprint density at radius 2 is 1.65 bits per heavy atom. The van der Waals surface area contributed by atoms with Crippen LogP contribution < -0.4 is 10.5 Å². The van der Waals surface area contributed by atoms with Gasteiger partial charge in [-0.05, 0) is 43.5 Å². The van der Waals surface area contributed by atoms with E-state index in [2.05, 4.69) is 12.1 Å². The number of halogens is 1. The van der Waals surface area contributed by atoms with Crippen LogP contribution in [0.15, 0.2) is 30.3 Å². The minimum absolute atomic E-state index is 0.337. The molecule has 0 fully saturated rings. The van der Waals surface area contributed by atoms with Crippen LogP contribution in [0, 0.1) is 26.6 Å². The summed E-state index contributed by atoms with van der Waals surface area (Å²) in [5, 5.41) is 0. The fourth-order valence-corrected chi connectivity index (χ4v) is 2.72. The Bertz CT molecular complexity index is 614. The van der Waals surface area contributed by atoms with Crippen molar-refractivity contribution in [2.24, 2.45) is 5.73 Å². The van der Waals surface area contributed by atoms with Gasteiger partial charge in [0.2, 0.25) is 0 Å². The summed E-state index contributed by atoms with van der Waals surface area (Å²) < 4.78 is 19.2. The monoisotopic (exact) mass is 273 g/mol. The van der Waals surface area contributed by atoms with Crippen LogP contribution in [-0.4, -0.2) is 7.11 Å². The predicted octanol–water partition coefficient (Wildman–Crippen LogP) is 3.81. The molecule has 2 aromatic carbocycles. The number of hydrogen-bond acceptors (Lipinski definition) is 2. The third-order valence-electron chi connectivity index (χ3n) is 3.59. The molecule has 0 aliphatic carbocycles. The summed E-state index contributed by atoms with van der Waals surface area (Å²) >= 11 is 0. The molecule has 0 saturated carbocycles. The van der Waals surface area contributed by atoms with Crippen molar-refractivity contribution >= 4 is 0 Å². The van der Waals surface area contributed by atoms with Crippen molar-refractivity contribution in [1.82, 2.24) is 0 Å². The van der Waals surface area contributed by atoms with Gasteiger partial charge in [0, 0.05) is 11.6 Å². The van der Waals surface area contributed by atoms with Crippen molar-refractivity contribution in [3.05, 3.63) is 64.0 Å². The molecule has 1 unspecified atom stereocenters. The summed E-state index contributed by atoms with van der Waals surface area (Å²) in [7, 11) is 1.52. The first kappa shape index (κ1) is 14.5. The highest BCUT2D eigenvalue weighted by atomic mass is 19.1. The first-order valence-corrected chi connectivity index (χ1v) is 6.60. The zero-order valence-electron chi connectivity index (χ0n) is 12.3. The SMILES string of the molecule is COc1ccc(C(N)c2c(C)cc(C)cc2C)c(F)c1. The van der Waals surface area contributed by atoms with Crippen molar-refractivity contribution < 1.29 is 9.13 Å². The van der Waals surface area contributed by atoms with Gasteiger partial charge in [-0.25, -0.2) is 4.39 Å². The molecule has 2 rings (SSSR count). The van der Waals surface area contributed by atoms with Crippen molar-refractivity contribution in [3.63, 3.8) is 0 Å². The van der Waals surface area contributed by atoms with Gasteiger partial charge in [-0.1, -0.05) is 23.8 Å². The van der Waals surface area contributed by atoms with E-state index in [-0.39, 0.29) is 5.82 Å². The largest absolute Gasteiger partial charge is 0.497 e. The topological polar surface area (TPSA) is 35.2 Å². The van der Waals surface area contributed by atoms with Crippen LogP contribution in [0.25, 0.3) is 0 Å². The second kappa shape index (κ2) is 5.63. The van der Waals surface area contributed by atoms with E-state index < -0.39 is 6.04 Å². The molecule has 2 N–H and O–H groups in total. The molecule has 0 spiro atoms. The number of nitrogens with two attached hydrogens (primary N) is 1. The lowest BCUT2D eigenvalue weighted by Gasteiger charge is -2.19. The fraction of sp³-hybridized carbons (Fsp3) is 0.294. The smallest absolute Gasteiger partial charge is 0.132 e. The minimum atomic E-state index is -0.471. The Morgan fingerprint density at radius 1 is 1.05 bits per heavy atom. The van der Waals surface area contributed by atoms with E-state index in [1.54, 1.807) is 12.1 Å². The third-order valence-corrected chi connectivity index (χ3v) is 3.59. The number of methoxy groups -OCH3 is 1. The molecule has 2 nitrogen and oxygen atoms in total. The van der Waals surface area contributed by atoms with Gasteiger partial charge in [-0.15, -0.1) is 0 Å². The van der Waals surface area contributed by atoms with Gasteiger partial charge in [-0.2, -0.15) is 0 Å². The van der Waals surface area contributed by atoms with E-state index in [0.717, 1.165) is 16.7 Å². The third kappa shape index (κ3) is 2.68. The van der Waals surface area contributed by atoms with E-state index in [9.17, 15) is 4.39 Å². The molecule has 0 radical (unpaired) electrons. The Morgan fingerprint density at radius 3 is 2.15 bits per heavy atom. The highest BCUT2D eigenvalue weighted by Crippen LogP contribution is 2.29. The molecular weight excluding hydrogens is 253 g/mol.